The fourth-order valence-corrected chi connectivity index (χ4v) is 3.56. The molecule has 136 valence electrons. The molecule has 0 aliphatic rings. The summed E-state index contributed by atoms with van der Waals surface area (Å²) in [6.45, 7) is 1.70. The quantitative estimate of drug-likeness (QED) is 0.308. The lowest BCUT2D eigenvalue weighted by atomic mass is 10.1. The third kappa shape index (κ3) is 5.31. The summed E-state index contributed by atoms with van der Waals surface area (Å²) in [4.78, 5) is 24.8. The van der Waals surface area contributed by atoms with Crippen LogP contribution in [-0.2, 0) is 17.1 Å². The van der Waals surface area contributed by atoms with E-state index in [4.69, 9.17) is 4.74 Å². The first-order valence-corrected chi connectivity index (χ1v) is 9.65. The molecular weight excluding hydrogens is 356 g/mol. The molecule has 0 fully saturated rings. The second kappa shape index (κ2) is 9.19. The van der Waals surface area contributed by atoms with E-state index >= 15 is 0 Å². The average molecular weight is 376 g/mol. The van der Waals surface area contributed by atoms with E-state index in [1.807, 2.05) is 36.4 Å². The largest absolute Gasteiger partial charge is 0.457 e. The predicted octanol–water partition coefficient (Wildman–Crippen LogP) is 5.54. The van der Waals surface area contributed by atoms with Gasteiger partial charge in [0.25, 0.3) is 0 Å². The van der Waals surface area contributed by atoms with Crippen LogP contribution in [0.15, 0.2) is 83.8 Å². The lowest BCUT2D eigenvalue weighted by Gasteiger charge is -2.10. The lowest BCUT2D eigenvalue weighted by molar-refractivity contribution is 0.0468. The molecule has 0 atom stereocenters. The first-order valence-electron chi connectivity index (χ1n) is 8.66. The fourth-order valence-electron chi connectivity index (χ4n) is 2.56. The van der Waals surface area contributed by atoms with E-state index in [-0.39, 0.29) is 18.4 Å². The van der Waals surface area contributed by atoms with Crippen LogP contribution in [-0.4, -0.2) is 11.8 Å². The van der Waals surface area contributed by atoms with Crippen LogP contribution >= 0.6 is 11.8 Å². The molecule has 0 heterocycles. The van der Waals surface area contributed by atoms with Crippen molar-refractivity contribution < 1.29 is 14.3 Å². The molecule has 0 spiro atoms. The Labute approximate surface area is 163 Å². The summed E-state index contributed by atoms with van der Waals surface area (Å²) < 4.78 is 5.47. The van der Waals surface area contributed by atoms with Gasteiger partial charge in [0.05, 0.1) is 5.56 Å². The highest BCUT2D eigenvalue weighted by Crippen LogP contribution is 2.27. The van der Waals surface area contributed by atoms with Crippen LogP contribution in [0.3, 0.4) is 0 Å². The number of ketones is 1. The van der Waals surface area contributed by atoms with Gasteiger partial charge in [-0.3, -0.25) is 4.79 Å². The van der Waals surface area contributed by atoms with Crippen LogP contribution in [0.4, 0.5) is 0 Å². The minimum Gasteiger partial charge on any atom is -0.457 e. The number of benzene rings is 3. The lowest BCUT2D eigenvalue weighted by Crippen LogP contribution is -2.07. The van der Waals surface area contributed by atoms with E-state index in [0.717, 1.165) is 16.2 Å². The molecule has 3 nitrogen and oxygen atoms in total. The summed E-state index contributed by atoms with van der Waals surface area (Å²) in [5.74, 6) is 0.460. The molecule has 27 heavy (non-hydrogen) atoms. The van der Waals surface area contributed by atoms with Crippen LogP contribution in [0.2, 0.25) is 0 Å². The zero-order valence-corrected chi connectivity index (χ0v) is 15.9. The summed E-state index contributed by atoms with van der Waals surface area (Å²) in [6, 6.07) is 24.7. The molecule has 3 aromatic carbocycles. The second-order valence-corrected chi connectivity index (χ2v) is 7.12. The maximum absolute atomic E-state index is 12.5. The Kier molecular flexibility index (Phi) is 6.44. The number of rotatable bonds is 7. The number of carbonyl (C=O) groups excluding carboxylic acids is 2. The van der Waals surface area contributed by atoms with E-state index in [0.29, 0.717) is 11.1 Å². The van der Waals surface area contributed by atoms with E-state index in [9.17, 15) is 9.59 Å². The van der Waals surface area contributed by atoms with Crippen molar-refractivity contribution in [2.24, 2.45) is 0 Å². The highest BCUT2D eigenvalue weighted by molar-refractivity contribution is 7.98. The number of hydrogen-bond acceptors (Lipinski definition) is 4. The molecule has 0 aliphatic heterocycles. The standard InChI is InChI=1S/C23H20O3S/c1-17(24)20-13-11-18(12-14-20)15-26-23(25)21-9-5-6-10-22(21)27-16-19-7-3-2-4-8-19/h2-14H,15-16H2,1H3. The summed E-state index contributed by atoms with van der Waals surface area (Å²) in [5.41, 5.74) is 3.27. The molecule has 0 aliphatic carbocycles. The molecule has 4 heteroatoms. The van der Waals surface area contributed by atoms with Gasteiger partial charge in [-0.2, -0.15) is 0 Å². The van der Waals surface area contributed by atoms with Gasteiger partial charge in [-0.05, 0) is 30.2 Å². The highest BCUT2D eigenvalue weighted by atomic mass is 32.2. The molecule has 0 amide bonds. The van der Waals surface area contributed by atoms with Crippen molar-refractivity contribution in [1.29, 1.82) is 0 Å². The van der Waals surface area contributed by atoms with Crippen molar-refractivity contribution in [3.8, 4) is 0 Å². The third-order valence-corrected chi connectivity index (χ3v) is 5.22. The Balaban J connectivity index is 1.63. The number of Topliss-reactive ketones (excluding diaryl/α,β-unsaturated/α-hetero) is 1. The zero-order valence-electron chi connectivity index (χ0n) is 15.1. The normalized spacial score (nSPS) is 10.4. The average Bonchev–Trinajstić information content (AvgIpc) is 2.71. The first-order chi connectivity index (χ1) is 13.1. The Morgan fingerprint density at radius 2 is 1.48 bits per heavy atom. The van der Waals surface area contributed by atoms with Gasteiger partial charge >= 0.3 is 5.97 Å². The van der Waals surface area contributed by atoms with Crippen LogP contribution < -0.4 is 0 Å². The summed E-state index contributed by atoms with van der Waals surface area (Å²) >= 11 is 1.62. The highest BCUT2D eigenvalue weighted by Gasteiger charge is 2.13. The maximum Gasteiger partial charge on any atom is 0.339 e. The van der Waals surface area contributed by atoms with Crippen LogP contribution in [0.1, 0.15) is 38.8 Å². The van der Waals surface area contributed by atoms with Gasteiger partial charge in [0, 0.05) is 16.2 Å². The van der Waals surface area contributed by atoms with Crippen molar-refractivity contribution in [1.82, 2.24) is 0 Å². The van der Waals surface area contributed by atoms with E-state index in [2.05, 4.69) is 12.1 Å². The Morgan fingerprint density at radius 1 is 0.815 bits per heavy atom. The SMILES string of the molecule is CC(=O)c1ccc(COC(=O)c2ccccc2SCc2ccccc2)cc1. The minimum atomic E-state index is -0.346. The third-order valence-electron chi connectivity index (χ3n) is 4.07. The van der Waals surface area contributed by atoms with Crippen molar-refractivity contribution in [2.45, 2.75) is 24.2 Å². The van der Waals surface area contributed by atoms with Gasteiger partial charge in [0.15, 0.2) is 5.78 Å². The molecule has 0 N–H and O–H groups in total. The number of carbonyl (C=O) groups is 2. The second-order valence-electron chi connectivity index (χ2n) is 6.10. The van der Waals surface area contributed by atoms with Crippen LogP contribution in [0.25, 0.3) is 0 Å². The van der Waals surface area contributed by atoms with Crippen molar-refractivity contribution in [3.63, 3.8) is 0 Å². The molecule has 3 rings (SSSR count). The van der Waals surface area contributed by atoms with Crippen molar-refractivity contribution in [3.05, 3.63) is 101 Å². The fraction of sp³-hybridized carbons (Fsp3) is 0.130. The minimum absolute atomic E-state index is 0.0166. The number of hydrogen-bond donors (Lipinski definition) is 0. The molecule has 0 radical (unpaired) electrons. The number of esters is 1. The van der Waals surface area contributed by atoms with Gasteiger partial charge in [0.1, 0.15) is 6.61 Å². The molecule has 0 saturated carbocycles. The predicted molar refractivity (Wildman–Crippen MR) is 108 cm³/mol. The van der Waals surface area contributed by atoms with Gasteiger partial charge in [-0.1, -0.05) is 66.7 Å². The Hall–Kier alpha value is -2.85. The van der Waals surface area contributed by atoms with E-state index < -0.39 is 0 Å². The molecular formula is C23H20O3S. The van der Waals surface area contributed by atoms with E-state index in [1.165, 1.54) is 12.5 Å². The smallest absolute Gasteiger partial charge is 0.339 e. The number of ether oxygens (including phenoxy) is 1. The number of thioether (sulfide) groups is 1. The summed E-state index contributed by atoms with van der Waals surface area (Å²) in [5, 5.41) is 0. The monoisotopic (exact) mass is 376 g/mol. The van der Waals surface area contributed by atoms with Crippen molar-refractivity contribution >= 4 is 23.5 Å². The van der Waals surface area contributed by atoms with Gasteiger partial charge in [0.2, 0.25) is 0 Å². The summed E-state index contributed by atoms with van der Waals surface area (Å²) in [6.07, 6.45) is 0. The molecule has 0 saturated heterocycles. The van der Waals surface area contributed by atoms with Gasteiger partial charge in [-0.15, -0.1) is 11.8 Å². The van der Waals surface area contributed by atoms with Gasteiger partial charge < -0.3 is 4.74 Å². The maximum atomic E-state index is 12.5. The van der Waals surface area contributed by atoms with Crippen molar-refractivity contribution in [2.75, 3.05) is 0 Å². The van der Waals surface area contributed by atoms with Crippen LogP contribution in [0, 0.1) is 0 Å². The summed E-state index contributed by atoms with van der Waals surface area (Å²) in [7, 11) is 0. The molecule has 0 aromatic heterocycles. The Bertz CT molecular complexity index is 918. The zero-order chi connectivity index (χ0) is 19.1. The molecule has 0 unspecified atom stereocenters. The topological polar surface area (TPSA) is 43.4 Å². The van der Waals surface area contributed by atoms with Crippen LogP contribution in [0.5, 0.6) is 0 Å². The first kappa shape index (κ1) is 18.9. The van der Waals surface area contributed by atoms with Gasteiger partial charge in [-0.25, -0.2) is 4.79 Å². The Morgan fingerprint density at radius 3 is 2.19 bits per heavy atom. The molecule has 0 bridgehead atoms. The molecule has 3 aromatic rings. The van der Waals surface area contributed by atoms with E-state index in [1.54, 1.807) is 42.1 Å².